The second-order valence-corrected chi connectivity index (χ2v) is 0.773. The molecule has 0 heterocycles. The van der Waals surface area contributed by atoms with Crippen molar-refractivity contribution in [3.63, 3.8) is 0 Å². The summed E-state index contributed by atoms with van der Waals surface area (Å²) in [6.45, 7) is 0. The summed E-state index contributed by atoms with van der Waals surface area (Å²) in [4.78, 5) is 9.22. The SMILES string of the molecule is O=C(O)[NH][Pd]. The fourth-order valence-corrected chi connectivity index (χ4v) is 0. The van der Waals surface area contributed by atoms with E-state index in [0.29, 0.717) is 0 Å². The van der Waals surface area contributed by atoms with Crippen molar-refractivity contribution in [2.75, 3.05) is 0 Å². The Morgan fingerprint density at radius 2 is 2.20 bits per heavy atom. The molecule has 4 heteroatoms. The molecule has 2 N–H and O–H groups in total. The van der Waals surface area contributed by atoms with Crippen molar-refractivity contribution in [1.29, 1.82) is 0 Å². The third-order valence-electron chi connectivity index (χ3n) is 0.0676. The van der Waals surface area contributed by atoms with E-state index in [4.69, 9.17) is 5.11 Å². The van der Waals surface area contributed by atoms with E-state index in [2.05, 4.69) is 19.4 Å². The molecule has 0 aromatic heterocycles. The molecule has 0 aromatic carbocycles. The Labute approximate surface area is 40.1 Å². The summed E-state index contributed by atoms with van der Waals surface area (Å²) in [6.07, 6.45) is -1.06. The summed E-state index contributed by atoms with van der Waals surface area (Å²) in [7, 11) is 0. The first-order valence-electron chi connectivity index (χ1n) is 0.836. The van der Waals surface area contributed by atoms with Crippen molar-refractivity contribution in [2.45, 2.75) is 0 Å². The summed E-state index contributed by atoms with van der Waals surface area (Å²) >= 11 is 2.24. The topological polar surface area (TPSA) is 49.3 Å². The summed E-state index contributed by atoms with van der Waals surface area (Å²) in [5, 5.41) is 7.57. The predicted molar refractivity (Wildman–Crippen MR) is 11.2 cm³/mol. The van der Waals surface area contributed by atoms with E-state index in [1.54, 1.807) is 3.95 Å². The van der Waals surface area contributed by atoms with Gasteiger partial charge in [0.05, 0.1) is 0 Å². The van der Waals surface area contributed by atoms with Gasteiger partial charge in [-0.2, -0.15) is 0 Å². The van der Waals surface area contributed by atoms with Gasteiger partial charge in [-0.25, -0.2) is 0 Å². The van der Waals surface area contributed by atoms with Gasteiger partial charge < -0.3 is 0 Å². The van der Waals surface area contributed by atoms with Crippen LogP contribution in [-0.2, 0) is 19.4 Å². The Morgan fingerprint density at radius 3 is 2.20 bits per heavy atom. The van der Waals surface area contributed by atoms with E-state index in [1.165, 1.54) is 0 Å². The first-order valence-corrected chi connectivity index (χ1v) is 1.61. The third-order valence-corrected chi connectivity index (χ3v) is 0.400. The number of hydrogen-bond acceptors (Lipinski definition) is 1. The Bertz CT molecular complexity index is 44.9. The molecule has 33 valence electrons. The Morgan fingerprint density at radius 1 is 2.00 bits per heavy atom. The first-order chi connectivity index (χ1) is 2.27. The molecule has 0 saturated carbocycles. The molecule has 0 aromatic rings. The fraction of sp³-hybridized carbons (Fsp3) is 0. The predicted octanol–water partition coefficient (Wildman–Crippen LogP) is -0.284. The first kappa shape index (κ1) is 4.93. The van der Waals surface area contributed by atoms with E-state index < -0.39 is 6.09 Å². The van der Waals surface area contributed by atoms with Crippen LogP contribution >= 0.6 is 0 Å². The molecule has 0 aliphatic heterocycles. The molecule has 0 saturated heterocycles. The van der Waals surface area contributed by atoms with E-state index in [9.17, 15) is 4.79 Å². The van der Waals surface area contributed by atoms with Gasteiger partial charge in [-0.1, -0.05) is 0 Å². The number of amides is 1. The Balaban J connectivity index is 2.85. The number of hydrogen-bond donors (Lipinski definition) is 2. The molecule has 0 bridgehead atoms. The molecule has 0 fully saturated rings. The van der Waals surface area contributed by atoms with Gasteiger partial charge in [-0.3, -0.25) is 0 Å². The van der Waals surface area contributed by atoms with Crippen LogP contribution in [0.3, 0.4) is 0 Å². The summed E-state index contributed by atoms with van der Waals surface area (Å²) in [6, 6.07) is 0. The van der Waals surface area contributed by atoms with Gasteiger partial charge in [0, 0.05) is 0 Å². The maximum absolute atomic E-state index is 9.22. The molecule has 5 heavy (non-hydrogen) atoms. The summed E-state index contributed by atoms with van der Waals surface area (Å²) < 4.78 is 1.79. The maximum atomic E-state index is 9.22. The van der Waals surface area contributed by atoms with Crippen LogP contribution in [0, 0.1) is 0 Å². The summed E-state index contributed by atoms with van der Waals surface area (Å²) in [5.74, 6) is 0. The average Bonchev–Trinajstić information content (AvgIpc) is 1.38. The van der Waals surface area contributed by atoms with Crippen LogP contribution in [0.5, 0.6) is 0 Å². The summed E-state index contributed by atoms with van der Waals surface area (Å²) in [5.41, 5.74) is 0. The molecule has 0 rings (SSSR count). The Kier molecular flexibility index (Phi) is 2.16. The molecule has 0 unspecified atom stereocenters. The van der Waals surface area contributed by atoms with E-state index >= 15 is 0 Å². The van der Waals surface area contributed by atoms with E-state index in [1.807, 2.05) is 0 Å². The van der Waals surface area contributed by atoms with Crippen molar-refractivity contribution < 1.29 is 29.3 Å². The zero-order valence-electron chi connectivity index (χ0n) is 2.17. The van der Waals surface area contributed by atoms with Gasteiger partial charge in [0.15, 0.2) is 0 Å². The molecule has 0 aliphatic rings. The van der Waals surface area contributed by atoms with E-state index in [-0.39, 0.29) is 0 Å². The number of carbonyl (C=O) groups is 1. The van der Waals surface area contributed by atoms with Crippen LogP contribution in [0.2, 0.25) is 0 Å². The van der Waals surface area contributed by atoms with Crippen molar-refractivity contribution in [3.8, 4) is 0 Å². The zero-order valence-corrected chi connectivity index (χ0v) is 3.73. The van der Waals surface area contributed by atoms with Crippen LogP contribution in [0.4, 0.5) is 4.79 Å². The van der Waals surface area contributed by atoms with Crippen LogP contribution < -0.4 is 3.95 Å². The van der Waals surface area contributed by atoms with Gasteiger partial charge in [-0.05, 0) is 0 Å². The molecule has 0 radical (unpaired) electrons. The molecule has 3 nitrogen and oxygen atoms in total. The second-order valence-electron chi connectivity index (χ2n) is 0.384. The number of carboxylic acid groups (broad SMARTS) is 1. The quantitative estimate of drug-likeness (QED) is 0.486. The van der Waals surface area contributed by atoms with Gasteiger partial charge in [0.2, 0.25) is 0 Å². The monoisotopic (exact) mass is 166 g/mol. The third kappa shape index (κ3) is 3.93. The standard InChI is InChI=1S/CH2NO2.Pd/c2-1(3)4;/h2H,(H,3,4);/q-1;+1. The average molecular weight is 166 g/mol. The van der Waals surface area contributed by atoms with Crippen molar-refractivity contribution >= 4 is 6.09 Å². The molecule has 0 atom stereocenters. The van der Waals surface area contributed by atoms with Gasteiger partial charge in [0.1, 0.15) is 0 Å². The zero-order chi connectivity index (χ0) is 4.28. The molecular weight excluding hydrogens is 164 g/mol. The van der Waals surface area contributed by atoms with Crippen LogP contribution in [-0.4, -0.2) is 11.2 Å². The van der Waals surface area contributed by atoms with Crippen LogP contribution in [0.15, 0.2) is 0 Å². The van der Waals surface area contributed by atoms with Gasteiger partial charge in [-0.15, -0.1) is 0 Å². The molecule has 1 amide bonds. The Hall–Kier alpha value is -0.0677. The van der Waals surface area contributed by atoms with Crippen molar-refractivity contribution in [1.82, 2.24) is 3.95 Å². The molecular formula is CH2NO2Pd. The fourth-order valence-electron chi connectivity index (χ4n) is 0. The molecule has 0 spiro atoms. The minimum atomic E-state index is -1.06. The normalized spacial score (nSPS) is 6.80. The number of rotatable bonds is 0. The van der Waals surface area contributed by atoms with Gasteiger partial charge in [0.25, 0.3) is 0 Å². The minimum absolute atomic E-state index is 1.06. The van der Waals surface area contributed by atoms with Gasteiger partial charge >= 0.3 is 39.4 Å². The second kappa shape index (κ2) is 2.19. The van der Waals surface area contributed by atoms with Crippen molar-refractivity contribution in [3.05, 3.63) is 0 Å². The molecule has 0 aliphatic carbocycles. The van der Waals surface area contributed by atoms with Crippen LogP contribution in [0.25, 0.3) is 0 Å². The van der Waals surface area contributed by atoms with E-state index in [0.717, 1.165) is 0 Å². The van der Waals surface area contributed by atoms with Crippen molar-refractivity contribution in [2.24, 2.45) is 0 Å². The number of nitrogens with one attached hydrogen (secondary N) is 1. The van der Waals surface area contributed by atoms with Crippen LogP contribution in [0.1, 0.15) is 0 Å².